The van der Waals surface area contributed by atoms with E-state index in [0.717, 1.165) is 0 Å². The molecule has 0 radical (unpaired) electrons. The van der Waals surface area contributed by atoms with Gasteiger partial charge in [-0.15, -0.1) is 0 Å². The largest absolute Gasteiger partial charge is 0.416 e. The van der Waals surface area contributed by atoms with Gasteiger partial charge in [0.15, 0.2) is 0 Å². The summed E-state index contributed by atoms with van der Waals surface area (Å²) >= 11 is 0. The zero-order valence-corrected chi connectivity index (χ0v) is 12.2. The van der Waals surface area contributed by atoms with E-state index in [1.807, 2.05) is 5.32 Å². The molecule has 1 aromatic rings. The number of ether oxygens (including phenoxy) is 1. The molecule has 1 amide bonds. The third-order valence-corrected chi connectivity index (χ3v) is 3.52. The molecule has 134 valence electrons. The maximum atomic E-state index is 12.8. The fourth-order valence-corrected chi connectivity index (χ4v) is 2.32. The third kappa shape index (κ3) is 4.38. The number of carbonyl (C=O) groups excluding carboxylic acids is 1. The molecule has 1 aliphatic rings. The van der Waals surface area contributed by atoms with Crippen LogP contribution in [0.2, 0.25) is 0 Å². The Bertz CT molecular complexity index is 582. The average Bonchev–Trinajstić information content (AvgIpc) is 2.94. The van der Waals surface area contributed by atoms with Gasteiger partial charge in [-0.2, -0.15) is 26.3 Å². The maximum absolute atomic E-state index is 12.8. The Labute approximate surface area is 133 Å². The highest BCUT2D eigenvalue weighted by Crippen LogP contribution is 2.37. The van der Waals surface area contributed by atoms with Gasteiger partial charge in [-0.05, 0) is 31.0 Å². The summed E-state index contributed by atoms with van der Waals surface area (Å²) in [6.07, 6.45) is -10.5. The number of hydrogen-bond donors (Lipinski definition) is 2. The van der Waals surface area contributed by atoms with E-state index >= 15 is 0 Å². The lowest BCUT2D eigenvalue weighted by Gasteiger charge is -2.16. The minimum absolute atomic E-state index is 0.00776. The minimum Gasteiger partial charge on any atom is -0.364 e. The Morgan fingerprint density at radius 1 is 1.08 bits per heavy atom. The van der Waals surface area contributed by atoms with E-state index in [9.17, 15) is 31.1 Å². The number of halogens is 6. The van der Waals surface area contributed by atoms with Crippen molar-refractivity contribution in [2.24, 2.45) is 5.73 Å². The van der Waals surface area contributed by atoms with Gasteiger partial charge in [0.2, 0.25) is 0 Å². The molecule has 0 aliphatic carbocycles. The summed E-state index contributed by atoms with van der Waals surface area (Å²) in [5.74, 6) is -0.807. The number of nitrogens with two attached hydrogens (primary N) is 1. The Balaban J connectivity index is 2.24. The number of amides is 1. The van der Waals surface area contributed by atoms with Gasteiger partial charge in [-0.1, -0.05) is 0 Å². The monoisotopic (exact) mass is 356 g/mol. The number of carbonyl (C=O) groups is 1. The SMILES string of the molecule is NC[C@H]1CC[C@@H](C(=O)Nc2cc(C(F)(F)F)cc(C(F)(F)F)c2)O1. The van der Waals surface area contributed by atoms with Crippen LogP contribution in [0.15, 0.2) is 18.2 Å². The van der Waals surface area contributed by atoms with Crippen molar-refractivity contribution in [3.8, 4) is 0 Å². The highest BCUT2D eigenvalue weighted by Gasteiger charge is 2.37. The van der Waals surface area contributed by atoms with Gasteiger partial charge < -0.3 is 15.8 Å². The lowest BCUT2D eigenvalue weighted by atomic mass is 10.1. The van der Waals surface area contributed by atoms with Crippen molar-refractivity contribution in [1.29, 1.82) is 0 Å². The molecule has 10 heteroatoms. The van der Waals surface area contributed by atoms with Crippen molar-refractivity contribution in [3.63, 3.8) is 0 Å². The van der Waals surface area contributed by atoms with E-state index in [2.05, 4.69) is 0 Å². The Kier molecular flexibility index (Phi) is 5.09. The molecule has 0 saturated carbocycles. The first-order valence-electron chi connectivity index (χ1n) is 6.96. The molecule has 1 fully saturated rings. The average molecular weight is 356 g/mol. The number of anilines is 1. The lowest BCUT2D eigenvalue weighted by Crippen LogP contribution is -2.30. The summed E-state index contributed by atoms with van der Waals surface area (Å²) in [5, 5.41) is 2.05. The fraction of sp³-hybridized carbons (Fsp3) is 0.500. The second-order valence-corrected chi connectivity index (χ2v) is 5.34. The lowest BCUT2D eigenvalue weighted by molar-refractivity contribution is -0.143. The van der Waals surface area contributed by atoms with Crippen LogP contribution in [0.3, 0.4) is 0 Å². The van der Waals surface area contributed by atoms with Gasteiger partial charge in [0.25, 0.3) is 5.91 Å². The minimum atomic E-state index is -4.98. The van der Waals surface area contributed by atoms with E-state index in [0.29, 0.717) is 25.0 Å². The van der Waals surface area contributed by atoms with Crippen molar-refractivity contribution in [2.75, 3.05) is 11.9 Å². The summed E-state index contributed by atoms with van der Waals surface area (Å²) in [6.45, 7) is 0.172. The second-order valence-electron chi connectivity index (χ2n) is 5.34. The van der Waals surface area contributed by atoms with E-state index in [1.54, 1.807) is 0 Å². The smallest absolute Gasteiger partial charge is 0.364 e. The normalized spacial score (nSPS) is 21.8. The number of alkyl halides is 6. The Morgan fingerprint density at radius 3 is 2.04 bits per heavy atom. The molecular formula is C14H14F6N2O2. The highest BCUT2D eigenvalue weighted by molar-refractivity contribution is 5.94. The summed E-state index contributed by atoms with van der Waals surface area (Å²) in [5.41, 5.74) is 1.78. The van der Waals surface area contributed by atoms with Gasteiger partial charge >= 0.3 is 12.4 Å². The zero-order valence-electron chi connectivity index (χ0n) is 12.2. The van der Waals surface area contributed by atoms with Crippen LogP contribution in [-0.4, -0.2) is 24.7 Å². The van der Waals surface area contributed by atoms with Gasteiger partial charge in [0, 0.05) is 12.2 Å². The van der Waals surface area contributed by atoms with Crippen LogP contribution in [0.4, 0.5) is 32.0 Å². The quantitative estimate of drug-likeness (QED) is 0.818. The molecule has 1 heterocycles. The number of rotatable bonds is 3. The van der Waals surface area contributed by atoms with Gasteiger partial charge in [0.05, 0.1) is 17.2 Å². The van der Waals surface area contributed by atoms with Crippen LogP contribution >= 0.6 is 0 Å². The van der Waals surface area contributed by atoms with Crippen LogP contribution in [0, 0.1) is 0 Å². The Hall–Kier alpha value is -1.81. The van der Waals surface area contributed by atoms with Crippen molar-refractivity contribution in [3.05, 3.63) is 29.3 Å². The van der Waals surface area contributed by atoms with E-state index in [1.165, 1.54) is 0 Å². The molecule has 4 nitrogen and oxygen atoms in total. The molecule has 2 atom stereocenters. The zero-order chi connectivity index (χ0) is 18.1. The predicted octanol–water partition coefficient (Wildman–Crippen LogP) is 3.17. The molecule has 1 saturated heterocycles. The summed E-state index contributed by atoms with van der Waals surface area (Å²) in [4.78, 5) is 12.0. The van der Waals surface area contributed by atoms with Crippen LogP contribution in [0.1, 0.15) is 24.0 Å². The van der Waals surface area contributed by atoms with Crippen molar-refractivity contribution in [1.82, 2.24) is 0 Å². The fourth-order valence-electron chi connectivity index (χ4n) is 2.32. The molecule has 1 aliphatic heterocycles. The van der Waals surface area contributed by atoms with Crippen molar-refractivity contribution < 1.29 is 35.9 Å². The van der Waals surface area contributed by atoms with Gasteiger partial charge in [-0.3, -0.25) is 4.79 Å². The number of benzene rings is 1. The van der Waals surface area contributed by atoms with Crippen LogP contribution in [0.5, 0.6) is 0 Å². The highest BCUT2D eigenvalue weighted by atomic mass is 19.4. The molecule has 0 unspecified atom stereocenters. The topological polar surface area (TPSA) is 64.4 Å². The van der Waals surface area contributed by atoms with Gasteiger partial charge in [-0.25, -0.2) is 0 Å². The molecule has 0 spiro atoms. The maximum Gasteiger partial charge on any atom is 0.416 e. The standard InChI is InChI=1S/C14H14F6N2O2/c15-13(16,17)7-3-8(14(18,19)20)5-9(4-7)22-12(23)11-2-1-10(6-21)24-11/h3-5,10-11H,1-2,6,21H2,(H,22,23)/t10-,11+/m1/s1. The number of hydrogen-bond acceptors (Lipinski definition) is 3. The van der Waals surface area contributed by atoms with E-state index < -0.39 is 41.2 Å². The second kappa shape index (κ2) is 6.60. The summed E-state index contributed by atoms with van der Waals surface area (Å²) < 4.78 is 81.8. The van der Waals surface area contributed by atoms with Crippen LogP contribution in [-0.2, 0) is 21.9 Å². The number of nitrogens with one attached hydrogen (secondary N) is 1. The first-order valence-corrected chi connectivity index (χ1v) is 6.96. The first-order chi connectivity index (χ1) is 11.0. The molecule has 0 bridgehead atoms. The molecule has 3 N–H and O–H groups in total. The van der Waals surface area contributed by atoms with Crippen molar-refractivity contribution in [2.45, 2.75) is 37.4 Å². The first kappa shape index (κ1) is 18.5. The Morgan fingerprint density at radius 2 is 1.62 bits per heavy atom. The molecular weight excluding hydrogens is 342 g/mol. The van der Waals surface area contributed by atoms with Crippen LogP contribution in [0.25, 0.3) is 0 Å². The van der Waals surface area contributed by atoms with E-state index in [-0.39, 0.29) is 18.7 Å². The summed E-state index contributed by atoms with van der Waals surface area (Å²) in [7, 11) is 0. The molecule has 24 heavy (non-hydrogen) atoms. The van der Waals surface area contributed by atoms with E-state index in [4.69, 9.17) is 10.5 Å². The van der Waals surface area contributed by atoms with Crippen molar-refractivity contribution >= 4 is 11.6 Å². The van der Waals surface area contributed by atoms with Gasteiger partial charge in [0.1, 0.15) is 6.10 Å². The third-order valence-electron chi connectivity index (χ3n) is 3.52. The molecule has 1 aromatic carbocycles. The van der Waals surface area contributed by atoms with Crippen LogP contribution < -0.4 is 11.1 Å². The molecule has 0 aromatic heterocycles. The summed E-state index contributed by atoms with van der Waals surface area (Å²) in [6, 6.07) is 0.886. The molecule has 2 rings (SSSR count). The predicted molar refractivity (Wildman–Crippen MR) is 72.0 cm³/mol.